The number of aromatic nitrogens is 1. The molecule has 0 aliphatic carbocycles. The van der Waals surface area contributed by atoms with Crippen molar-refractivity contribution in [3.05, 3.63) is 53.2 Å². The summed E-state index contributed by atoms with van der Waals surface area (Å²) in [6.07, 6.45) is 3.71. The molecule has 114 valence electrons. The molecule has 0 spiro atoms. The Morgan fingerprint density at radius 1 is 1.23 bits per heavy atom. The molecule has 1 aliphatic heterocycles. The molecule has 1 aromatic heterocycles. The number of pyridine rings is 1. The largest absolute Gasteiger partial charge is 0.363 e. The van der Waals surface area contributed by atoms with Crippen molar-refractivity contribution in [1.29, 1.82) is 0 Å². The molecule has 1 aliphatic rings. The molecule has 0 saturated heterocycles. The molecule has 22 heavy (non-hydrogen) atoms. The SMILES string of the molecule is Cc1ccc2c(c1)CCCN2C(=O)c1ccc(N(C)C)nc1. The normalized spacial score (nSPS) is 13.7. The lowest BCUT2D eigenvalue weighted by Crippen LogP contribution is -2.35. The first-order valence-corrected chi connectivity index (χ1v) is 7.61. The van der Waals surface area contributed by atoms with Crippen LogP contribution in [0.3, 0.4) is 0 Å². The van der Waals surface area contributed by atoms with Crippen LogP contribution in [-0.4, -0.2) is 31.5 Å². The molecule has 0 saturated carbocycles. The second-order valence-corrected chi connectivity index (χ2v) is 5.99. The van der Waals surface area contributed by atoms with Gasteiger partial charge in [-0.1, -0.05) is 17.7 Å². The molecule has 0 fully saturated rings. The van der Waals surface area contributed by atoms with Crippen molar-refractivity contribution in [3.8, 4) is 0 Å². The maximum atomic E-state index is 12.8. The van der Waals surface area contributed by atoms with E-state index >= 15 is 0 Å². The highest BCUT2D eigenvalue weighted by Crippen LogP contribution is 2.29. The average molecular weight is 295 g/mol. The topological polar surface area (TPSA) is 36.4 Å². The molecule has 4 nitrogen and oxygen atoms in total. The van der Waals surface area contributed by atoms with E-state index in [1.807, 2.05) is 36.0 Å². The van der Waals surface area contributed by atoms with E-state index in [4.69, 9.17) is 0 Å². The number of hydrogen-bond donors (Lipinski definition) is 0. The number of amides is 1. The lowest BCUT2D eigenvalue weighted by Gasteiger charge is -2.30. The average Bonchev–Trinajstić information content (AvgIpc) is 2.53. The van der Waals surface area contributed by atoms with Gasteiger partial charge in [-0.15, -0.1) is 0 Å². The summed E-state index contributed by atoms with van der Waals surface area (Å²) >= 11 is 0. The standard InChI is InChI=1S/C18H21N3O/c1-13-6-8-16-14(11-13)5-4-10-21(16)18(22)15-7-9-17(19-12-15)20(2)3/h6-9,11-12H,4-5,10H2,1-3H3. The molecule has 1 aromatic carbocycles. The van der Waals surface area contributed by atoms with E-state index in [1.165, 1.54) is 11.1 Å². The molecule has 0 radical (unpaired) electrons. The highest BCUT2D eigenvalue weighted by Gasteiger charge is 2.23. The minimum atomic E-state index is 0.0302. The molecule has 2 heterocycles. The lowest BCUT2D eigenvalue weighted by molar-refractivity contribution is 0.0985. The third kappa shape index (κ3) is 2.69. The number of rotatable bonds is 2. The van der Waals surface area contributed by atoms with E-state index in [1.54, 1.807) is 6.20 Å². The molecule has 0 bridgehead atoms. The summed E-state index contributed by atoms with van der Waals surface area (Å²) in [5, 5.41) is 0. The molecule has 1 amide bonds. The minimum absolute atomic E-state index is 0.0302. The van der Waals surface area contributed by atoms with Crippen molar-refractivity contribution in [2.75, 3.05) is 30.4 Å². The van der Waals surface area contributed by atoms with Gasteiger partial charge in [0.2, 0.25) is 0 Å². The van der Waals surface area contributed by atoms with Gasteiger partial charge in [-0.25, -0.2) is 4.98 Å². The van der Waals surface area contributed by atoms with E-state index < -0.39 is 0 Å². The van der Waals surface area contributed by atoms with Gasteiger partial charge < -0.3 is 9.80 Å². The summed E-state index contributed by atoms with van der Waals surface area (Å²) < 4.78 is 0. The van der Waals surface area contributed by atoms with Crippen LogP contribution in [0.5, 0.6) is 0 Å². The summed E-state index contributed by atoms with van der Waals surface area (Å²) in [7, 11) is 3.88. The predicted molar refractivity (Wildman–Crippen MR) is 89.7 cm³/mol. The smallest absolute Gasteiger partial charge is 0.259 e. The first-order valence-electron chi connectivity index (χ1n) is 7.61. The van der Waals surface area contributed by atoms with Crippen molar-refractivity contribution < 1.29 is 4.79 Å². The number of anilines is 2. The Kier molecular flexibility index (Phi) is 3.84. The van der Waals surface area contributed by atoms with Gasteiger partial charge in [-0.05, 0) is 43.5 Å². The van der Waals surface area contributed by atoms with E-state index in [-0.39, 0.29) is 5.91 Å². The Morgan fingerprint density at radius 2 is 2.05 bits per heavy atom. The fraction of sp³-hybridized carbons (Fsp3) is 0.333. The first kappa shape index (κ1) is 14.6. The monoisotopic (exact) mass is 295 g/mol. The fourth-order valence-corrected chi connectivity index (χ4v) is 2.87. The molecular weight excluding hydrogens is 274 g/mol. The predicted octanol–water partition coefficient (Wildman–Crippen LogP) is 3.05. The van der Waals surface area contributed by atoms with Crippen LogP contribution in [0, 0.1) is 6.92 Å². The van der Waals surface area contributed by atoms with E-state index in [0.29, 0.717) is 5.56 Å². The number of carbonyl (C=O) groups is 1. The van der Waals surface area contributed by atoms with E-state index in [0.717, 1.165) is 30.9 Å². The van der Waals surface area contributed by atoms with Crippen LogP contribution in [0.25, 0.3) is 0 Å². The number of carbonyl (C=O) groups excluding carboxylic acids is 1. The Hall–Kier alpha value is -2.36. The molecule has 4 heteroatoms. The second-order valence-electron chi connectivity index (χ2n) is 5.99. The summed E-state index contributed by atoms with van der Waals surface area (Å²) in [5.74, 6) is 0.883. The summed E-state index contributed by atoms with van der Waals surface area (Å²) in [4.78, 5) is 20.9. The van der Waals surface area contributed by atoms with Gasteiger partial charge in [0.15, 0.2) is 0 Å². The Labute approximate surface area is 131 Å². The van der Waals surface area contributed by atoms with Gasteiger partial charge in [0.25, 0.3) is 5.91 Å². The van der Waals surface area contributed by atoms with Crippen LogP contribution >= 0.6 is 0 Å². The maximum Gasteiger partial charge on any atom is 0.259 e. The zero-order valence-corrected chi connectivity index (χ0v) is 13.3. The molecular formula is C18H21N3O. The number of hydrogen-bond acceptors (Lipinski definition) is 3. The third-order valence-electron chi connectivity index (χ3n) is 4.05. The van der Waals surface area contributed by atoms with Crippen LogP contribution in [0.15, 0.2) is 36.5 Å². The van der Waals surface area contributed by atoms with Crippen LogP contribution in [0.4, 0.5) is 11.5 Å². The van der Waals surface area contributed by atoms with Gasteiger partial charge in [0.05, 0.1) is 5.56 Å². The van der Waals surface area contributed by atoms with Crippen molar-refractivity contribution in [3.63, 3.8) is 0 Å². The van der Waals surface area contributed by atoms with Crippen LogP contribution in [-0.2, 0) is 6.42 Å². The highest BCUT2D eigenvalue weighted by molar-refractivity contribution is 6.06. The Bertz CT molecular complexity index is 692. The van der Waals surface area contributed by atoms with Gasteiger partial charge in [0, 0.05) is 32.5 Å². The Morgan fingerprint density at radius 3 is 2.73 bits per heavy atom. The van der Waals surface area contributed by atoms with Crippen molar-refractivity contribution >= 4 is 17.4 Å². The number of fused-ring (bicyclic) bond motifs is 1. The molecule has 0 unspecified atom stereocenters. The number of aryl methyl sites for hydroxylation is 2. The van der Waals surface area contributed by atoms with Crippen LogP contribution < -0.4 is 9.80 Å². The van der Waals surface area contributed by atoms with Crippen LogP contribution in [0.2, 0.25) is 0 Å². The summed E-state index contributed by atoms with van der Waals surface area (Å²) in [6, 6.07) is 10.0. The lowest BCUT2D eigenvalue weighted by atomic mass is 9.99. The highest BCUT2D eigenvalue weighted by atomic mass is 16.2. The summed E-state index contributed by atoms with van der Waals surface area (Å²) in [5.41, 5.74) is 4.18. The van der Waals surface area contributed by atoms with Gasteiger partial charge in [-0.2, -0.15) is 0 Å². The summed E-state index contributed by atoms with van der Waals surface area (Å²) in [6.45, 7) is 2.86. The minimum Gasteiger partial charge on any atom is -0.363 e. The zero-order valence-electron chi connectivity index (χ0n) is 13.3. The zero-order chi connectivity index (χ0) is 15.7. The van der Waals surface area contributed by atoms with Crippen molar-refractivity contribution in [1.82, 2.24) is 4.98 Å². The molecule has 3 rings (SSSR count). The number of nitrogens with zero attached hydrogens (tertiary/aromatic N) is 3. The first-order chi connectivity index (χ1) is 10.6. The molecule has 0 N–H and O–H groups in total. The fourth-order valence-electron chi connectivity index (χ4n) is 2.87. The molecule has 2 aromatic rings. The Balaban J connectivity index is 1.90. The van der Waals surface area contributed by atoms with E-state index in [2.05, 4.69) is 30.1 Å². The van der Waals surface area contributed by atoms with Crippen molar-refractivity contribution in [2.45, 2.75) is 19.8 Å². The maximum absolute atomic E-state index is 12.8. The van der Waals surface area contributed by atoms with Crippen molar-refractivity contribution in [2.24, 2.45) is 0 Å². The van der Waals surface area contributed by atoms with Gasteiger partial charge >= 0.3 is 0 Å². The third-order valence-corrected chi connectivity index (χ3v) is 4.05. The number of benzene rings is 1. The van der Waals surface area contributed by atoms with E-state index in [9.17, 15) is 4.79 Å². The van der Waals surface area contributed by atoms with Gasteiger partial charge in [0.1, 0.15) is 5.82 Å². The van der Waals surface area contributed by atoms with Crippen LogP contribution in [0.1, 0.15) is 27.9 Å². The molecule has 0 atom stereocenters. The quantitative estimate of drug-likeness (QED) is 0.854. The van der Waals surface area contributed by atoms with Gasteiger partial charge in [-0.3, -0.25) is 4.79 Å². The second kappa shape index (κ2) is 5.79.